The molecule has 296 valence electrons. The average molecular weight is 793 g/mol. The second kappa shape index (κ2) is 11.7. The summed E-state index contributed by atoms with van der Waals surface area (Å²) in [6, 6.07) is 49.1. The Morgan fingerprint density at radius 1 is 0.210 bits per heavy atom. The van der Waals surface area contributed by atoms with Gasteiger partial charge in [-0.2, -0.15) is 0 Å². The van der Waals surface area contributed by atoms with Crippen molar-refractivity contribution in [3.8, 4) is 0 Å². The van der Waals surface area contributed by atoms with Gasteiger partial charge in [-0.1, -0.05) is 152 Å². The molecule has 0 amide bonds. The normalized spacial score (nSPS) is 13.4. The third kappa shape index (κ3) is 4.19. The van der Waals surface area contributed by atoms with E-state index in [1.54, 1.807) is 0 Å². The molecular weight excluding hydrogens is 745 g/mol. The van der Waals surface area contributed by atoms with Crippen molar-refractivity contribution in [2.75, 3.05) is 0 Å². The van der Waals surface area contributed by atoms with E-state index in [1.807, 2.05) is 0 Å². The van der Waals surface area contributed by atoms with Crippen LogP contribution in [0.15, 0.2) is 121 Å². The Labute approximate surface area is 361 Å². The zero-order valence-corrected chi connectivity index (χ0v) is 36.9. The van der Waals surface area contributed by atoms with Crippen molar-refractivity contribution in [2.45, 2.75) is 79.1 Å². The first kappa shape index (κ1) is 35.1. The predicted molar refractivity (Wildman–Crippen MR) is 275 cm³/mol. The minimum absolute atomic E-state index is 0.429. The maximum atomic E-state index is 2.51. The minimum atomic E-state index is 0.429. The molecule has 0 aromatic heterocycles. The van der Waals surface area contributed by atoms with Gasteiger partial charge in [0.1, 0.15) is 0 Å². The zero-order chi connectivity index (χ0) is 41.8. The zero-order valence-electron chi connectivity index (χ0n) is 36.9. The number of hydrogen-bond acceptors (Lipinski definition) is 0. The van der Waals surface area contributed by atoms with E-state index in [0.29, 0.717) is 23.7 Å². The first-order chi connectivity index (χ1) is 30.0. The van der Waals surface area contributed by atoms with Crippen LogP contribution in [0.3, 0.4) is 0 Å². The molecule has 14 aromatic rings. The van der Waals surface area contributed by atoms with Crippen molar-refractivity contribution < 1.29 is 0 Å². The molecule has 0 aliphatic carbocycles. The smallest absolute Gasteiger partial charge is 0.00138 e. The van der Waals surface area contributed by atoms with Crippen LogP contribution in [-0.4, -0.2) is 0 Å². The number of fused-ring (bicyclic) bond motifs is 11. The second-order valence-corrected chi connectivity index (χ2v) is 20.3. The van der Waals surface area contributed by atoms with Crippen molar-refractivity contribution in [3.63, 3.8) is 0 Å². The van der Waals surface area contributed by atoms with Crippen LogP contribution in [0.4, 0.5) is 0 Å². The quantitative estimate of drug-likeness (QED) is 0.123. The summed E-state index contributed by atoms with van der Waals surface area (Å²) in [7, 11) is 0. The van der Waals surface area contributed by atoms with Crippen LogP contribution in [0.1, 0.15) is 101 Å². The molecule has 0 unspecified atom stereocenters. The van der Waals surface area contributed by atoms with Crippen molar-refractivity contribution in [3.05, 3.63) is 144 Å². The molecule has 0 nitrogen and oxygen atoms in total. The average Bonchev–Trinajstić information content (AvgIpc) is 3.76. The fourth-order valence-electron chi connectivity index (χ4n) is 12.6. The lowest BCUT2D eigenvalue weighted by Crippen LogP contribution is -1.96. The van der Waals surface area contributed by atoms with E-state index < -0.39 is 0 Å². The Bertz CT molecular complexity index is 3900. The van der Waals surface area contributed by atoms with E-state index in [2.05, 4.69) is 177 Å². The first-order valence-corrected chi connectivity index (χ1v) is 23.1. The summed E-state index contributed by atoms with van der Waals surface area (Å²) in [5.41, 5.74) is 5.71. The van der Waals surface area contributed by atoms with Gasteiger partial charge in [0.05, 0.1) is 0 Å². The third-order valence-corrected chi connectivity index (χ3v) is 15.6. The van der Waals surface area contributed by atoms with Crippen LogP contribution < -0.4 is 0 Å². The highest BCUT2D eigenvalue weighted by Gasteiger charge is 2.25. The first-order valence-electron chi connectivity index (χ1n) is 23.1. The second-order valence-electron chi connectivity index (χ2n) is 20.3. The Balaban J connectivity index is 1.08. The van der Waals surface area contributed by atoms with Crippen LogP contribution in [0.2, 0.25) is 0 Å². The Morgan fingerprint density at radius 2 is 0.516 bits per heavy atom. The standard InChI is InChI=1S/C62H48/c1-29(2)35-21-33-9-11-39(31(5)6)57-47-19-17-43-51-27-38-26-50-42-14-16-46-54-24-36(30(3)4)22-34-10-12-40(32(7)8)58(56(34)54)48-20-18-44(60(42)62(46)48)52(50)28-37(38)25-49(51)41-13-15-45(61(47)59(41)43)53(23-35)55(33)57/h9-32H,1-8H3. The van der Waals surface area contributed by atoms with Gasteiger partial charge in [0.25, 0.3) is 0 Å². The van der Waals surface area contributed by atoms with Gasteiger partial charge in [0.2, 0.25) is 0 Å². The Kier molecular flexibility index (Phi) is 6.63. The van der Waals surface area contributed by atoms with Crippen molar-refractivity contribution >= 4 is 140 Å². The lowest BCUT2D eigenvalue weighted by molar-refractivity contribution is 0.869. The Morgan fingerprint density at radius 3 is 0.839 bits per heavy atom. The van der Waals surface area contributed by atoms with Gasteiger partial charge < -0.3 is 0 Å². The van der Waals surface area contributed by atoms with Crippen molar-refractivity contribution in [1.82, 2.24) is 0 Å². The fourth-order valence-corrected chi connectivity index (χ4v) is 12.6. The van der Waals surface area contributed by atoms with Gasteiger partial charge in [-0.3, -0.25) is 0 Å². The van der Waals surface area contributed by atoms with E-state index in [-0.39, 0.29) is 0 Å². The molecule has 0 atom stereocenters. The summed E-state index contributed by atoms with van der Waals surface area (Å²) < 4.78 is 0. The molecule has 0 N–H and O–H groups in total. The molecule has 0 saturated heterocycles. The number of benzene rings is 12. The Hall–Kier alpha value is -6.50. The molecule has 0 aliphatic rings. The minimum Gasteiger partial charge on any atom is -0.0587 e. The fraction of sp³-hybridized carbons (Fsp3) is 0.194. The summed E-state index contributed by atoms with van der Waals surface area (Å²) in [5, 5.41) is 36.1. The molecule has 0 bridgehead atoms. The van der Waals surface area contributed by atoms with Gasteiger partial charge in [-0.15, -0.1) is 0 Å². The molecule has 0 saturated carbocycles. The lowest BCUT2D eigenvalue weighted by Gasteiger charge is -2.20. The van der Waals surface area contributed by atoms with Crippen LogP contribution in [0.25, 0.3) is 140 Å². The number of rotatable bonds is 4. The van der Waals surface area contributed by atoms with E-state index in [0.717, 1.165) is 0 Å². The van der Waals surface area contributed by atoms with Gasteiger partial charge in [0.15, 0.2) is 0 Å². The lowest BCUT2D eigenvalue weighted by atomic mass is 9.83. The highest BCUT2D eigenvalue weighted by molar-refractivity contribution is 6.45. The molecule has 0 radical (unpaired) electrons. The molecule has 14 aromatic carbocycles. The summed E-state index contributed by atoms with van der Waals surface area (Å²) in [6.07, 6.45) is 0. The van der Waals surface area contributed by atoms with E-state index in [1.165, 1.54) is 162 Å². The van der Waals surface area contributed by atoms with Crippen LogP contribution in [0.5, 0.6) is 0 Å². The SMILES string of the molecule is CC(C)c1cc2ccc(C(C)C)c3c4ccc5c6cc7cc8c(cc7cc6c6ccc(c(c1)c23)c4c65)c1ccc2c3c(C(C)C)ccc4cc(C(C)C)cc(c5ccc8c1c52)c43. The van der Waals surface area contributed by atoms with Crippen molar-refractivity contribution in [2.24, 2.45) is 0 Å². The van der Waals surface area contributed by atoms with E-state index >= 15 is 0 Å². The van der Waals surface area contributed by atoms with Crippen LogP contribution >= 0.6 is 0 Å². The molecule has 0 spiro atoms. The predicted octanol–water partition coefficient (Wildman–Crippen LogP) is 18.9. The van der Waals surface area contributed by atoms with Gasteiger partial charge >= 0.3 is 0 Å². The molecular formula is C62H48. The molecule has 0 fully saturated rings. The monoisotopic (exact) mass is 792 g/mol. The molecule has 62 heavy (non-hydrogen) atoms. The summed E-state index contributed by atoms with van der Waals surface area (Å²) in [6.45, 7) is 18.7. The topological polar surface area (TPSA) is 0 Å². The molecule has 0 aliphatic heterocycles. The maximum Gasteiger partial charge on any atom is -0.00138 e. The highest BCUT2D eigenvalue weighted by atomic mass is 14.3. The van der Waals surface area contributed by atoms with Crippen LogP contribution in [0, 0.1) is 0 Å². The molecule has 0 heterocycles. The number of hydrogen-bond donors (Lipinski definition) is 0. The maximum absolute atomic E-state index is 2.51. The van der Waals surface area contributed by atoms with Gasteiger partial charge in [-0.25, -0.2) is 0 Å². The van der Waals surface area contributed by atoms with E-state index in [9.17, 15) is 0 Å². The largest absolute Gasteiger partial charge is 0.0587 e. The highest BCUT2D eigenvalue weighted by Crippen LogP contribution is 2.52. The summed E-state index contributed by atoms with van der Waals surface area (Å²) in [5.74, 6) is 1.78. The van der Waals surface area contributed by atoms with Crippen LogP contribution in [-0.2, 0) is 0 Å². The summed E-state index contributed by atoms with van der Waals surface area (Å²) >= 11 is 0. The molecule has 0 heteroatoms. The van der Waals surface area contributed by atoms with Crippen molar-refractivity contribution in [1.29, 1.82) is 0 Å². The van der Waals surface area contributed by atoms with E-state index in [4.69, 9.17) is 0 Å². The summed E-state index contributed by atoms with van der Waals surface area (Å²) in [4.78, 5) is 0. The molecule has 14 rings (SSSR count). The third-order valence-electron chi connectivity index (χ3n) is 15.6. The van der Waals surface area contributed by atoms with Gasteiger partial charge in [-0.05, 0) is 210 Å². The van der Waals surface area contributed by atoms with Gasteiger partial charge in [0, 0.05) is 0 Å².